The van der Waals surface area contributed by atoms with Crippen LogP contribution >= 0.6 is 15.9 Å². The van der Waals surface area contributed by atoms with Crippen molar-refractivity contribution in [1.29, 1.82) is 0 Å². The second-order valence-corrected chi connectivity index (χ2v) is 9.02. The molecule has 1 aliphatic heterocycles. The van der Waals surface area contributed by atoms with Gasteiger partial charge in [0.05, 0.1) is 0 Å². The van der Waals surface area contributed by atoms with Crippen LogP contribution in [0.3, 0.4) is 0 Å². The van der Waals surface area contributed by atoms with Gasteiger partial charge < -0.3 is 5.32 Å². The summed E-state index contributed by atoms with van der Waals surface area (Å²) in [6, 6.07) is 0. The Morgan fingerprint density at radius 1 is 1.31 bits per heavy atom. The number of hydrogen-bond donors (Lipinski definition) is 1. The smallest absolute Gasteiger partial charge is 0.228 e. The zero-order valence-electron chi connectivity index (χ0n) is 10.2. The normalized spacial score (nSPS) is 21.2. The summed E-state index contributed by atoms with van der Waals surface area (Å²) < 4.78 is 25.2. The van der Waals surface area contributed by atoms with Gasteiger partial charge in [-0.15, -0.1) is 0 Å². The summed E-state index contributed by atoms with van der Waals surface area (Å²) in [5, 5.41) is 3.20. The van der Waals surface area contributed by atoms with Gasteiger partial charge in [-0.3, -0.25) is 0 Å². The molecule has 0 saturated carbocycles. The SMILES string of the molecule is CC(C)(C)NCC(Br)S(=O)(=O)N1CCCC1. The highest BCUT2D eigenvalue weighted by atomic mass is 79.9. The summed E-state index contributed by atoms with van der Waals surface area (Å²) in [6.07, 6.45) is 1.96. The van der Waals surface area contributed by atoms with Crippen molar-refractivity contribution in [3.63, 3.8) is 0 Å². The van der Waals surface area contributed by atoms with Gasteiger partial charge in [-0.25, -0.2) is 12.7 Å². The van der Waals surface area contributed by atoms with E-state index in [1.54, 1.807) is 4.31 Å². The predicted molar refractivity (Wildman–Crippen MR) is 70.2 cm³/mol. The van der Waals surface area contributed by atoms with Crippen LogP contribution < -0.4 is 5.32 Å². The first-order valence-corrected chi connectivity index (χ1v) is 8.03. The van der Waals surface area contributed by atoms with Crippen molar-refractivity contribution in [2.45, 2.75) is 43.3 Å². The van der Waals surface area contributed by atoms with Gasteiger partial charge in [-0.1, -0.05) is 15.9 Å². The highest BCUT2D eigenvalue weighted by Gasteiger charge is 2.32. The van der Waals surface area contributed by atoms with Gasteiger partial charge in [-0.05, 0) is 33.6 Å². The van der Waals surface area contributed by atoms with Crippen LogP contribution in [0.2, 0.25) is 0 Å². The Bertz CT molecular complexity index is 318. The molecule has 16 heavy (non-hydrogen) atoms. The first-order valence-electron chi connectivity index (χ1n) is 5.61. The zero-order chi connectivity index (χ0) is 12.4. The molecule has 1 unspecified atom stereocenters. The van der Waals surface area contributed by atoms with E-state index < -0.39 is 14.2 Å². The summed E-state index contributed by atoms with van der Waals surface area (Å²) in [7, 11) is -3.17. The number of hydrogen-bond acceptors (Lipinski definition) is 3. The molecule has 6 heteroatoms. The highest BCUT2D eigenvalue weighted by molar-refractivity contribution is 9.11. The van der Waals surface area contributed by atoms with Gasteiger partial charge in [0, 0.05) is 25.2 Å². The Balaban J connectivity index is 2.55. The molecule has 1 heterocycles. The van der Waals surface area contributed by atoms with E-state index in [9.17, 15) is 8.42 Å². The molecule has 1 N–H and O–H groups in total. The molecular weight excluding hydrogens is 292 g/mol. The van der Waals surface area contributed by atoms with Gasteiger partial charge in [-0.2, -0.15) is 0 Å². The third-order valence-corrected chi connectivity index (χ3v) is 6.18. The van der Waals surface area contributed by atoms with Crippen LogP contribution in [0.15, 0.2) is 0 Å². The maximum absolute atomic E-state index is 12.1. The van der Waals surface area contributed by atoms with Gasteiger partial charge in [0.2, 0.25) is 10.0 Å². The number of alkyl halides is 1. The summed E-state index contributed by atoms with van der Waals surface area (Å²) in [6.45, 7) is 7.84. The molecule has 0 spiro atoms. The van der Waals surface area contributed by atoms with Crippen LogP contribution in [0.4, 0.5) is 0 Å². The molecule has 1 saturated heterocycles. The van der Waals surface area contributed by atoms with Crippen LogP contribution in [-0.2, 0) is 10.0 Å². The third-order valence-electron chi connectivity index (χ3n) is 2.54. The molecular formula is C10H21BrN2O2S. The minimum absolute atomic E-state index is 0.0629. The Hall–Kier alpha value is 0.350. The molecule has 1 rings (SSSR count). The summed E-state index contributed by atoms with van der Waals surface area (Å²) in [4.78, 5) is 0. The van der Waals surface area contributed by atoms with Crippen LogP contribution in [0.5, 0.6) is 0 Å². The predicted octanol–water partition coefficient (Wildman–Crippen LogP) is 1.52. The van der Waals surface area contributed by atoms with Gasteiger partial charge in [0.1, 0.15) is 4.16 Å². The second-order valence-electron chi connectivity index (χ2n) is 5.19. The van der Waals surface area contributed by atoms with Gasteiger partial charge in [0.15, 0.2) is 0 Å². The molecule has 4 nitrogen and oxygen atoms in total. The quantitative estimate of drug-likeness (QED) is 0.801. The lowest BCUT2D eigenvalue weighted by Gasteiger charge is -2.25. The summed E-state index contributed by atoms with van der Waals surface area (Å²) in [5.74, 6) is 0. The topological polar surface area (TPSA) is 49.4 Å². The Labute approximate surface area is 107 Å². The third kappa shape index (κ3) is 3.98. The number of halogens is 1. The van der Waals surface area contributed by atoms with Crippen LogP contribution in [0.1, 0.15) is 33.6 Å². The number of nitrogens with one attached hydrogen (secondary N) is 1. The van der Waals surface area contributed by atoms with E-state index in [1.165, 1.54) is 0 Å². The van der Waals surface area contributed by atoms with E-state index >= 15 is 0 Å². The molecule has 0 aromatic rings. The molecule has 1 fully saturated rings. The molecule has 0 radical (unpaired) electrons. The van der Waals surface area contributed by atoms with E-state index in [0.29, 0.717) is 19.6 Å². The fourth-order valence-corrected chi connectivity index (χ4v) is 3.85. The molecule has 1 aliphatic rings. The first-order chi connectivity index (χ1) is 7.23. The van der Waals surface area contributed by atoms with Crippen molar-refractivity contribution < 1.29 is 8.42 Å². The Morgan fingerprint density at radius 3 is 2.25 bits per heavy atom. The van der Waals surface area contributed by atoms with E-state index in [4.69, 9.17) is 0 Å². The van der Waals surface area contributed by atoms with Crippen molar-refractivity contribution in [2.75, 3.05) is 19.6 Å². The van der Waals surface area contributed by atoms with Crippen LogP contribution in [0, 0.1) is 0 Å². The van der Waals surface area contributed by atoms with Crippen LogP contribution in [-0.4, -0.2) is 42.1 Å². The van der Waals surface area contributed by atoms with Crippen LogP contribution in [0.25, 0.3) is 0 Å². The number of rotatable bonds is 4. The molecule has 1 atom stereocenters. The van der Waals surface area contributed by atoms with E-state index in [-0.39, 0.29) is 5.54 Å². The van der Waals surface area contributed by atoms with Crippen molar-refractivity contribution in [3.05, 3.63) is 0 Å². The Kier molecular flexibility index (Phi) is 4.80. The molecule has 0 bridgehead atoms. The van der Waals surface area contributed by atoms with E-state index in [1.807, 2.05) is 20.8 Å². The lowest BCUT2D eigenvalue weighted by molar-refractivity contribution is 0.427. The highest BCUT2D eigenvalue weighted by Crippen LogP contribution is 2.20. The van der Waals surface area contributed by atoms with E-state index in [0.717, 1.165) is 12.8 Å². The van der Waals surface area contributed by atoms with Crippen molar-refractivity contribution in [2.24, 2.45) is 0 Å². The monoisotopic (exact) mass is 312 g/mol. The van der Waals surface area contributed by atoms with Crippen molar-refractivity contribution in [1.82, 2.24) is 9.62 Å². The maximum Gasteiger partial charge on any atom is 0.228 e. The molecule has 0 aromatic heterocycles. The van der Waals surface area contributed by atoms with Crippen molar-refractivity contribution in [3.8, 4) is 0 Å². The average molecular weight is 313 g/mol. The molecule has 0 amide bonds. The number of nitrogens with zero attached hydrogens (tertiary/aromatic N) is 1. The lowest BCUT2D eigenvalue weighted by Crippen LogP contribution is -2.44. The standard InChI is InChI=1S/C10H21BrN2O2S/c1-10(2,3)12-8-9(11)16(14,15)13-6-4-5-7-13/h9,12H,4-8H2,1-3H3. The van der Waals surface area contributed by atoms with E-state index in [2.05, 4.69) is 21.2 Å². The molecule has 0 aromatic carbocycles. The van der Waals surface area contributed by atoms with Crippen molar-refractivity contribution >= 4 is 26.0 Å². The minimum Gasteiger partial charge on any atom is -0.310 e. The minimum atomic E-state index is -3.17. The zero-order valence-corrected chi connectivity index (χ0v) is 12.6. The number of sulfonamides is 1. The fraction of sp³-hybridized carbons (Fsp3) is 1.00. The van der Waals surface area contributed by atoms with Gasteiger partial charge in [0.25, 0.3) is 0 Å². The molecule has 96 valence electrons. The maximum atomic E-state index is 12.1. The second kappa shape index (κ2) is 5.33. The summed E-state index contributed by atoms with van der Waals surface area (Å²) >= 11 is 3.27. The van der Waals surface area contributed by atoms with Gasteiger partial charge >= 0.3 is 0 Å². The first kappa shape index (κ1) is 14.4. The Morgan fingerprint density at radius 2 is 1.81 bits per heavy atom. The molecule has 0 aliphatic carbocycles. The fourth-order valence-electron chi connectivity index (χ4n) is 1.60. The average Bonchev–Trinajstić information content (AvgIpc) is 2.65. The summed E-state index contributed by atoms with van der Waals surface area (Å²) in [5.41, 5.74) is -0.0629. The lowest BCUT2D eigenvalue weighted by atomic mass is 10.1. The largest absolute Gasteiger partial charge is 0.310 e.